The van der Waals surface area contributed by atoms with Gasteiger partial charge in [0.15, 0.2) is 0 Å². The fraction of sp³-hybridized carbons (Fsp3) is 0. The van der Waals surface area contributed by atoms with Crippen molar-refractivity contribution in [3.8, 4) is 11.1 Å². The number of nitrogens with one attached hydrogen (secondary N) is 1. The van der Waals surface area contributed by atoms with E-state index in [2.05, 4.69) is 121 Å². The molecule has 1 N–H and O–H groups in total. The molecule has 0 atom stereocenters. The van der Waals surface area contributed by atoms with Crippen molar-refractivity contribution in [1.29, 1.82) is 0 Å². The standard InChI is InChI=1S/C34H21NOS/c1-2-7-21(8-3-1)25-11-6-12-31-33(25)29-20-23(14-17-30(29)36-31)35-24-15-18-32-28(19-24)27-16-13-22-9-4-5-10-26(22)34(27)37-32/h1-20,35H. The van der Waals surface area contributed by atoms with Gasteiger partial charge < -0.3 is 9.73 Å². The van der Waals surface area contributed by atoms with Crippen molar-refractivity contribution in [2.24, 2.45) is 0 Å². The first-order valence-corrected chi connectivity index (χ1v) is 13.3. The quantitative estimate of drug-likeness (QED) is 0.266. The van der Waals surface area contributed by atoms with Gasteiger partial charge in [-0.3, -0.25) is 0 Å². The molecule has 0 saturated heterocycles. The second-order valence-corrected chi connectivity index (χ2v) is 10.5. The van der Waals surface area contributed by atoms with E-state index in [0.717, 1.165) is 33.3 Å². The highest BCUT2D eigenvalue weighted by atomic mass is 32.1. The van der Waals surface area contributed by atoms with Crippen LogP contribution in [0.4, 0.5) is 11.4 Å². The lowest BCUT2D eigenvalue weighted by Crippen LogP contribution is -1.89. The van der Waals surface area contributed by atoms with Crippen molar-refractivity contribution in [1.82, 2.24) is 0 Å². The maximum absolute atomic E-state index is 6.22. The summed E-state index contributed by atoms with van der Waals surface area (Å²) in [5.41, 5.74) is 6.31. The summed E-state index contributed by atoms with van der Waals surface area (Å²) in [6.07, 6.45) is 0. The zero-order chi connectivity index (χ0) is 24.3. The predicted octanol–water partition coefficient (Wildman–Crippen LogP) is 10.5. The molecule has 3 heteroatoms. The van der Waals surface area contributed by atoms with Crippen LogP contribution in [0.2, 0.25) is 0 Å². The molecule has 174 valence electrons. The first-order chi connectivity index (χ1) is 18.3. The summed E-state index contributed by atoms with van der Waals surface area (Å²) in [5.74, 6) is 0. The molecular weight excluding hydrogens is 470 g/mol. The van der Waals surface area contributed by atoms with Gasteiger partial charge in [0, 0.05) is 42.3 Å². The van der Waals surface area contributed by atoms with Gasteiger partial charge in [-0.2, -0.15) is 0 Å². The molecule has 0 aliphatic heterocycles. The second kappa shape index (κ2) is 7.95. The molecule has 0 amide bonds. The van der Waals surface area contributed by atoms with Crippen LogP contribution in [0.1, 0.15) is 0 Å². The molecule has 0 fully saturated rings. The third-order valence-corrected chi connectivity index (χ3v) is 8.45. The monoisotopic (exact) mass is 491 g/mol. The minimum absolute atomic E-state index is 0.898. The van der Waals surface area contributed by atoms with E-state index in [1.807, 2.05) is 17.4 Å². The van der Waals surface area contributed by atoms with Crippen LogP contribution in [0, 0.1) is 0 Å². The van der Waals surface area contributed by atoms with E-state index >= 15 is 0 Å². The van der Waals surface area contributed by atoms with Crippen LogP contribution in [-0.2, 0) is 0 Å². The summed E-state index contributed by atoms with van der Waals surface area (Å²) in [5, 5.41) is 11.1. The first-order valence-electron chi connectivity index (χ1n) is 12.4. The number of benzene rings is 6. The summed E-state index contributed by atoms with van der Waals surface area (Å²) in [4.78, 5) is 0. The van der Waals surface area contributed by atoms with Gasteiger partial charge in [-0.15, -0.1) is 11.3 Å². The van der Waals surface area contributed by atoms with E-state index in [1.165, 1.54) is 42.1 Å². The number of fused-ring (bicyclic) bond motifs is 8. The van der Waals surface area contributed by atoms with Crippen LogP contribution in [0.25, 0.3) is 64.0 Å². The average Bonchev–Trinajstić information content (AvgIpc) is 3.51. The van der Waals surface area contributed by atoms with E-state index in [-0.39, 0.29) is 0 Å². The molecule has 6 aromatic carbocycles. The van der Waals surface area contributed by atoms with Crippen LogP contribution in [0.5, 0.6) is 0 Å². The molecule has 2 aromatic heterocycles. The van der Waals surface area contributed by atoms with Crippen molar-refractivity contribution in [3.63, 3.8) is 0 Å². The van der Waals surface area contributed by atoms with Crippen molar-refractivity contribution in [2.45, 2.75) is 0 Å². The molecule has 0 bridgehead atoms. The largest absolute Gasteiger partial charge is 0.456 e. The number of thiophene rings is 1. The molecule has 0 aliphatic rings. The van der Waals surface area contributed by atoms with Crippen molar-refractivity contribution in [2.75, 3.05) is 5.32 Å². The highest BCUT2D eigenvalue weighted by Crippen LogP contribution is 2.41. The molecular formula is C34H21NOS. The average molecular weight is 492 g/mol. The summed E-state index contributed by atoms with van der Waals surface area (Å²) >= 11 is 1.87. The van der Waals surface area contributed by atoms with E-state index in [0.29, 0.717) is 0 Å². The minimum atomic E-state index is 0.898. The Kier molecular flexibility index (Phi) is 4.42. The Hall–Kier alpha value is -4.60. The Labute approximate surface area is 217 Å². The van der Waals surface area contributed by atoms with E-state index in [9.17, 15) is 0 Å². The Bertz CT molecular complexity index is 2120. The Morgan fingerprint density at radius 1 is 0.541 bits per heavy atom. The minimum Gasteiger partial charge on any atom is -0.456 e. The lowest BCUT2D eigenvalue weighted by Gasteiger charge is -2.08. The number of hydrogen-bond acceptors (Lipinski definition) is 3. The Balaban J connectivity index is 1.25. The van der Waals surface area contributed by atoms with E-state index < -0.39 is 0 Å². The van der Waals surface area contributed by atoms with Crippen LogP contribution in [0.3, 0.4) is 0 Å². The zero-order valence-corrected chi connectivity index (χ0v) is 20.7. The lowest BCUT2D eigenvalue weighted by molar-refractivity contribution is 0.669. The van der Waals surface area contributed by atoms with Crippen molar-refractivity contribution < 1.29 is 4.42 Å². The van der Waals surface area contributed by atoms with Crippen molar-refractivity contribution >= 4 is 75.6 Å². The number of furan rings is 1. The van der Waals surface area contributed by atoms with Crippen LogP contribution >= 0.6 is 11.3 Å². The summed E-state index contributed by atoms with van der Waals surface area (Å²) < 4.78 is 8.88. The van der Waals surface area contributed by atoms with Gasteiger partial charge in [-0.1, -0.05) is 78.9 Å². The lowest BCUT2D eigenvalue weighted by atomic mass is 9.99. The van der Waals surface area contributed by atoms with Gasteiger partial charge in [0.05, 0.1) is 0 Å². The van der Waals surface area contributed by atoms with Crippen LogP contribution < -0.4 is 5.32 Å². The van der Waals surface area contributed by atoms with Gasteiger partial charge >= 0.3 is 0 Å². The first kappa shape index (κ1) is 20.6. The Morgan fingerprint density at radius 3 is 2.27 bits per heavy atom. The SMILES string of the molecule is c1ccc(-c2cccc3oc4ccc(Nc5ccc6sc7c8ccccc8ccc7c6c5)cc4c23)cc1. The van der Waals surface area contributed by atoms with Crippen LogP contribution in [-0.4, -0.2) is 0 Å². The van der Waals surface area contributed by atoms with Crippen LogP contribution in [0.15, 0.2) is 126 Å². The maximum atomic E-state index is 6.22. The topological polar surface area (TPSA) is 25.2 Å². The van der Waals surface area contributed by atoms with E-state index in [4.69, 9.17) is 4.42 Å². The molecule has 8 rings (SSSR count). The third-order valence-electron chi connectivity index (χ3n) is 7.23. The highest BCUT2D eigenvalue weighted by molar-refractivity contribution is 7.26. The molecule has 37 heavy (non-hydrogen) atoms. The molecule has 0 spiro atoms. The number of rotatable bonds is 3. The zero-order valence-electron chi connectivity index (χ0n) is 19.9. The summed E-state index contributed by atoms with van der Waals surface area (Å²) in [6, 6.07) is 43.0. The van der Waals surface area contributed by atoms with Gasteiger partial charge in [0.1, 0.15) is 11.2 Å². The smallest absolute Gasteiger partial charge is 0.136 e. The second-order valence-electron chi connectivity index (χ2n) is 9.46. The van der Waals surface area contributed by atoms with Gasteiger partial charge in [-0.05, 0) is 64.4 Å². The molecule has 0 unspecified atom stereocenters. The van der Waals surface area contributed by atoms with Gasteiger partial charge in [0.25, 0.3) is 0 Å². The van der Waals surface area contributed by atoms with Crippen molar-refractivity contribution in [3.05, 3.63) is 121 Å². The van der Waals surface area contributed by atoms with Gasteiger partial charge in [-0.25, -0.2) is 0 Å². The highest BCUT2D eigenvalue weighted by Gasteiger charge is 2.14. The molecule has 0 aliphatic carbocycles. The predicted molar refractivity (Wildman–Crippen MR) is 159 cm³/mol. The summed E-state index contributed by atoms with van der Waals surface area (Å²) in [6.45, 7) is 0. The molecule has 2 nitrogen and oxygen atoms in total. The molecule has 2 heterocycles. The molecule has 0 saturated carbocycles. The molecule has 0 radical (unpaired) electrons. The third kappa shape index (κ3) is 3.25. The Morgan fingerprint density at radius 2 is 1.35 bits per heavy atom. The van der Waals surface area contributed by atoms with E-state index in [1.54, 1.807) is 0 Å². The normalized spacial score (nSPS) is 11.8. The number of hydrogen-bond donors (Lipinski definition) is 1. The fourth-order valence-corrected chi connectivity index (χ4v) is 6.73. The van der Waals surface area contributed by atoms with Gasteiger partial charge in [0.2, 0.25) is 0 Å². The summed E-state index contributed by atoms with van der Waals surface area (Å²) in [7, 11) is 0. The fourth-order valence-electron chi connectivity index (χ4n) is 5.51. The maximum Gasteiger partial charge on any atom is 0.136 e. The molecule has 8 aromatic rings. The number of anilines is 2.